The van der Waals surface area contributed by atoms with Crippen LogP contribution in [0, 0.1) is 0 Å². The zero-order valence-corrected chi connectivity index (χ0v) is 23.0. The minimum atomic E-state index is -1.59. The fourth-order valence-electron chi connectivity index (χ4n) is 3.24. The van der Waals surface area contributed by atoms with Gasteiger partial charge >= 0.3 is 7.12 Å². The Balaban J connectivity index is 0.000000214. The second-order valence-electron chi connectivity index (χ2n) is 7.31. The topological polar surface area (TPSA) is 155 Å². The zero-order chi connectivity index (χ0) is 28.1. The van der Waals surface area contributed by atoms with E-state index >= 15 is 0 Å². The molecule has 0 unspecified atom stereocenters. The van der Waals surface area contributed by atoms with Crippen molar-refractivity contribution < 1.29 is 29.0 Å². The van der Waals surface area contributed by atoms with Crippen LogP contribution in [0.5, 0.6) is 23.0 Å². The highest BCUT2D eigenvalue weighted by atomic mass is 79.9. The molecule has 6 N–H and O–H groups in total. The number of rotatable bonds is 6. The molecule has 0 aliphatic heterocycles. The molecule has 0 spiro atoms. The third kappa shape index (κ3) is 8.00. The summed E-state index contributed by atoms with van der Waals surface area (Å²) in [5.74, 6) is 2.17. The molecule has 0 bridgehead atoms. The minimum absolute atomic E-state index is 0.243. The summed E-state index contributed by atoms with van der Waals surface area (Å²) < 4.78 is 21.2. The Hall–Kier alpha value is -4.00. The molecule has 2 heterocycles. The van der Waals surface area contributed by atoms with Gasteiger partial charge in [-0.3, -0.25) is 4.98 Å². The first-order chi connectivity index (χ1) is 18.3. The maximum atomic E-state index is 9.04. The molecule has 4 aromatic rings. The number of aromatic nitrogens is 2. The molecule has 200 valence electrons. The van der Waals surface area contributed by atoms with Crippen LogP contribution < -0.4 is 35.9 Å². The van der Waals surface area contributed by atoms with Crippen LogP contribution in [0.25, 0.3) is 11.3 Å². The van der Waals surface area contributed by atoms with Gasteiger partial charge in [0.1, 0.15) is 33.3 Å². The van der Waals surface area contributed by atoms with Crippen LogP contribution >= 0.6 is 15.9 Å². The van der Waals surface area contributed by atoms with Crippen molar-refractivity contribution in [3.8, 4) is 34.3 Å². The summed E-state index contributed by atoms with van der Waals surface area (Å²) in [4.78, 5) is 8.15. The lowest BCUT2D eigenvalue weighted by atomic mass is 9.78. The first kappa shape index (κ1) is 30.2. The molecule has 10 nitrogen and oxygen atoms in total. The quantitative estimate of drug-likeness (QED) is 0.196. The molecule has 0 atom stereocenters. The van der Waals surface area contributed by atoms with Crippen molar-refractivity contribution in [1.29, 1.82) is 0 Å². The molecule has 0 fully saturated rings. The predicted molar refractivity (Wildman–Crippen MR) is 153 cm³/mol. The van der Waals surface area contributed by atoms with Gasteiger partial charge in [-0.25, -0.2) is 4.98 Å². The Morgan fingerprint density at radius 2 is 1.11 bits per heavy atom. The number of halogens is 1. The van der Waals surface area contributed by atoms with Crippen molar-refractivity contribution in [2.24, 2.45) is 0 Å². The van der Waals surface area contributed by atoms with Gasteiger partial charge in [0.25, 0.3) is 0 Å². The molecular weight excluding hydrogens is 555 g/mol. The smallest absolute Gasteiger partial charge is 0.496 e. The largest absolute Gasteiger partial charge is 0.497 e. The molecule has 0 saturated carbocycles. The number of nitrogens with zero attached hydrogens (tertiary/aromatic N) is 2. The first-order valence-corrected chi connectivity index (χ1v) is 11.9. The molecule has 38 heavy (non-hydrogen) atoms. The van der Waals surface area contributed by atoms with Gasteiger partial charge in [0.05, 0.1) is 50.8 Å². The van der Waals surface area contributed by atoms with E-state index in [2.05, 4.69) is 25.9 Å². The van der Waals surface area contributed by atoms with Crippen molar-refractivity contribution >= 4 is 39.9 Å². The van der Waals surface area contributed by atoms with Gasteiger partial charge in [0.2, 0.25) is 0 Å². The fourth-order valence-corrected chi connectivity index (χ4v) is 3.49. The number of anilines is 2. The van der Waals surface area contributed by atoms with Crippen molar-refractivity contribution in [1.82, 2.24) is 9.97 Å². The SMILES string of the molecule is COc1cccc(OC)c1-c1ncccc1N.COc1cccc(OC)c1B(O)O.Nc1cccnc1Br. The van der Waals surface area contributed by atoms with E-state index in [9.17, 15) is 0 Å². The summed E-state index contributed by atoms with van der Waals surface area (Å²) in [7, 11) is 4.54. The van der Waals surface area contributed by atoms with Gasteiger partial charge in [-0.2, -0.15) is 0 Å². The fraction of sp³-hybridized carbons (Fsp3) is 0.154. The Bertz CT molecular complexity index is 1250. The number of methoxy groups -OCH3 is 4. The van der Waals surface area contributed by atoms with E-state index in [1.807, 2.05) is 18.2 Å². The predicted octanol–water partition coefficient (Wildman–Crippen LogP) is 3.16. The second kappa shape index (κ2) is 15.3. The van der Waals surface area contributed by atoms with Crippen LogP contribution in [-0.4, -0.2) is 55.6 Å². The van der Waals surface area contributed by atoms with Gasteiger partial charge in [-0.1, -0.05) is 12.1 Å². The number of pyridine rings is 2. The molecule has 0 aliphatic carbocycles. The van der Waals surface area contributed by atoms with Crippen LogP contribution in [0.3, 0.4) is 0 Å². The lowest BCUT2D eigenvalue weighted by Gasteiger charge is -2.13. The number of nitrogens with two attached hydrogens (primary N) is 2. The summed E-state index contributed by atoms with van der Waals surface area (Å²) in [6.07, 6.45) is 3.37. The van der Waals surface area contributed by atoms with Crippen molar-refractivity contribution in [2.45, 2.75) is 0 Å². The highest BCUT2D eigenvalue weighted by Crippen LogP contribution is 2.39. The lowest BCUT2D eigenvalue weighted by Crippen LogP contribution is -2.32. The summed E-state index contributed by atoms with van der Waals surface area (Å²) in [6.45, 7) is 0. The molecule has 12 heteroatoms. The molecule has 0 amide bonds. The van der Waals surface area contributed by atoms with Gasteiger partial charge in [-0.15, -0.1) is 0 Å². The van der Waals surface area contributed by atoms with Gasteiger partial charge < -0.3 is 40.5 Å². The summed E-state index contributed by atoms with van der Waals surface area (Å²) in [5.41, 5.74) is 14.3. The molecule has 0 radical (unpaired) electrons. The minimum Gasteiger partial charge on any atom is -0.497 e. The summed E-state index contributed by atoms with van der Waals surface area (Å²) in [6, 6.07) is 17.7. The van der Waals surface area contributed by atoms with Crippen LogP contribution in [0.15, 0.2) is 77.7 Å². The Morgan fingerprint density at radius 1 is 0.658 bits per heavy atom. The normalized spacial score (nSPS) is 9.66. The zero-order valence-electron chi connectivity index (χ0n) is 21.5. The number of hydrogen-bond acceptors (Lipinski definition) is 10. The average Bonchev–Trinajstić information content (AvgIpc) is 2.94. The Kier molecular flexibility index (Phi) is 12.2. The van der Waals surface area contributed by atoms with E-state index in [1.54, 1.807) is 69.1 Å². The summed E-state index contributed by atoms with van der Waals surface area (Å²) in [5, 5.41) is 18.1. The molecule has 0 aliphatic rings. The van der Waals surface area contributed by atoms with Crippen LogP contribution in [-0.2, 0) is 0 Å². The maximum absolute atomic E-state index is 9.04. The summed E-state index contributed by atoms with van der Waals surface area (Å²) >= 11 is 3.16. The lowest BCUT2D eigenvalue weighted by molar-refractivity contribution is 0.385. The van der Waals surface area contributed by atoms with Crippen molar-refractivity contribution in [3.63, 3.8) is 0 Å². The third-order valence-electron chi connectivity index (χ3n) is 5.02. The van der Waals surface area contributed by atoms with Gasteiger partial charge in [0.15, 0.2) is 0 Å². The van der Waals surface area contributed by atoms with E-state index in [1.165, 1.54) is 14.2 Å². The standard InChI is InChI=1S/C13H14N2O2.C8H11BO4.C5H5BrN2/c1-16-10-6-3-7-11(17-2)12(10)13-9(14)5-4-8-15-13;1-12-6-4-3-5-7(13-2)8(6)9(10)11;6-5-4(7)2-1-3-8-5/h3-8H,14H2,1-2H3;3-5,10-11H,1-2H3;1-3H,7H2. The number of hydrogen-bond donors (Lipinski definition) is 4. The highest BCUT2D eigenvalue weighted by Gasteiger charge is 2.21. The average molecular weight is 585 g/mol. The van der Waals surface area contributed by atoms with E-state index in [4.69, 9.17) is 40.5 Å². The molecule has 0 saturated heterocycles. The number of benzene rings is 2. The van der Waals surface area contributed by atoms with E-state index < -0.39 is 7.12 Å². The molecular formula is C26H30BBrN4O6. The van der Waals surface area contributed by atoms with Gasteiger partial charge in [0, 0.05) is 12.4 Å². The first-order valence-electron chi connectivity index (χ1n) is 11.1. The van der Waals surface area contributed by atoms with E-state index in [0.717, 1.165) is 5.56 Å². The maximum Gasteiger partial charge on any atom is 0.496 e. The second-order valence-corrected chi connectivity index (χ2v) is 8.06. The molecule has 2 aromatic carbocycles. The number of nitrogen functional groups attached to an aromatic ring is 2. The highest BCUT2D eigenvalue weighted by molar-refractivity contribution is 9.10. The molecule has 2 aromatic heterocycles. The van der Waals surface area contributed by atoms with Crippen LogP contribution in [0.2, 0.25) is 0 Å². The van der Waals surface area contributed by atoms with Gasteiger partial charge in [-0.05, 0) is 64.5 Å². The van der Waals surface area contributed by atoms with E-state index in [-0.39, 0.29) is 5.46 Å². The van der Waals surface area contributed by atoms with E-state index in [0.29, 0.717) is 44.7 Å². The Labute approximate surface area is 230 Å². The number of ether oxygens (including phenoxy) is 4. The molecule has 4 rings (SSSR count). The Morgan fingerprint density at radius 3 is 1.47 bits per heavy atom. The monoisotopic (exact) mass is 584 g/mol. The van der Waals surface area contributed by atoms with Crippen molar-refractivity contribution in [2.75, 3.05) is 39.9 Å². The van der Waals surface area contributed by atoms with Crippen LogP contribution in [0.4, 0.5) is 11.4 Å². The van der Waals surface area contributed by atoms with Crippen LogP contribution in [0.1, 0.15) is 0 Å². The van der Waals surface area contributed by atoms with Crippen molar-refractivity contribution in [3.05, 3.63) is 77.7 Å². The third-order valence-corrected chi connectivity index (χ3v) is 5.68.